The van der Waals surface area contributed by atoms with Gasteiger partial charge in [-0.25, -0.2) is 0 Å². The highest BCUT2D eigenvalue weighted by atomic mass is 16.5. The lowest BCUT2D eigenvalue weighted by Gasteiger charge is -2.53. The van der Waals surface area contributed by atoms with E-state index in [1.807, 2.05) is 0 Å². The monoisotopic (exact) mass is 268 g/mol. The molecule has 2 heterocycles. The largest absolute Gasteiger partial charge is 0.380 e. The highest BCUT2D eigenvalue weighted by Crippen LogP contribution is 2.33. The molecule has 2 fully saturated rings. The number of hydrogen-bond acceptors (Lipinski definition) is 3. The maximum Gasteiger partial charge on any atom is 0.0647 e. The van der Waals surface area contributed by atoms with Gasteiger partial charge in [-0.15, -0.1) is 0 Å². The fourth-order valence-electron chi connectivity index (χ4n) is 3.55. The van der Waals surface area contributed by atoms with Crippen molar-refractivity contribution >= 4 is 0 Å². The van der Waals surface area contributed by atoms with Gasteiger partial charge in [-0.3, -0.25) is 4.90 Å². The molecule has 0 spiro atoms. The summed E-state index contributed by atoms with van der Waals surface area (Å²) in [4.78, 5) is 2.75. The summed E-state index contributed by atoms with van der Waals surface area (Å²) in [7, 11) is 0. The van der Waals surface area contributed by atoms with Gasteiger partial charge in [-0.1, -0.05) is 27.7 Å². The molecule has 2 rings (SSSR count). The zero-order chi connectivity index (χ0) is 14.1. The first-order valence-corrected chi connectivity index (χ1v) is 7.95. The summed E-state index contributed by atoms with van der Waals surface area (Å²) in [5.74, 6) is 0. The van der Waals surface area contributed by atoms with Crippen molar-refractivity contribution in [1.29, 1.82) is 0 Å². The van der Waals surface area contributed by atoms with E-state index in [9.17, 15) is 0 Å². The summed E-state index contributed by atoms with van der Waals surface area (Å²) in [5.41, 5.74) is 0.563. The molecule has 0 saturated carbocycles. The van der Waals surface area contributed by atoms with Crippen LogP contribution >= 0.6 is 0 Å². The second-order valence-electron chi connectivity index (χ2n) is 7.69. The second kappa shape index (κ2) is 5.71. The molecule has 0 aliphatic carbocycles. The summed E-state index contributed by atoms with van der Waals surface area (Å²) in [6.45, 7) is 15.9. The van der Waals surface area contributed by atoms with Crippen molar-refractivity contribution in [3.05, 3.63) is 0 Å². The van der Waals surface area contributed by atoms with E-state index in [1.165, 1.54) is 19.3 Å². The normalized spacial score (nSPS) is 38.4. The molecule has 2 saturated heterocycles. The van der Waals surface area contributed by atoms with Gasteiger partial charge in [0.25, 0.3) is 0 Å². The molecular formula is C16H32N2O. The minimum Gasteiger partial charge on any atom is -0.380 e. The number of hydrogen-bond donors (Lipinski definition) is 1. The Labute approximate surface area is 119 Å². The van der Waals surface area contributed by atoms with Crippen molar-refractivity contribution in [2.24, 2.45) is 5.41 Å². The van der Waals surface area contributed by atoms with E-state index in [4.69, 9.17) is 4.74 Å². The van der Waals surface area contributed by atoms with Crippen LogP contribution < -0.4 is 5.32 Å². The molecule has 1 N–H and O–H groups in total. The van der Waals surface area contributed by atoms with Gasteiger partial charge in [0.15, 0.2) is 0 Å². The fraction of sp³-hybridized carbons (Fsp3) is 1.00. The van der Waals surface area contributed by atoms with Gasteiger partial charge in [-0.2, -0.15) is 0 Å². The molecule has 3 unspecified atom stereocenters. The van der Waals surface area contributed by atoms with Gasteiger partial charge in [0.2, 0.25) is 0 Å². The van der Waals surface area contributed by atoms with Gasteiger partial charge in [0.05, 0.1) is 6.61 Å². The highest BCUT2D eigenvalue weighted by Gasteiger charge is 2.42. The van der Waals surface area contributed by atoms with Crippen LogP contribution in [0.5, 0.6) is 0 Å². The van der Waals surface area contributed by atoms with E-state index in [0.29, 0.717) is 17.5 Å². The van der Waals surface area contributed by atoms with Crippen LogP contribution in [0.15, 0.2) is 0 Å². The summed E-state index contributed by atoms with van der Waals surface area (Å²) in [6.07, 6.45) is 3.71. The van der Waals surface area contributed by atoms with Crippen LogP contribution in [-0.2, 0) is 4.74 Å². The third kappa shape index (κ3) is 3.32. The summed E-state index contributed by atoms with van der Waals surface area (Å²) >= 11 is 0. The molecule has 19 heavy (non-hydrogen) atoms. The topological polar surface area (TPSA) is 24.5 Å². The molecule has 0 aromatic rings. The first kappa shape index (κ1) is 15.3. The fourth-order valence-corrected chi connectivity index (χ4v) is 3.55. The standard InChI is InChI=1S/C16H32N2O/c1-6-13-10-17-14(15(2,3)4)11-18(13)16(5)8-7-9-19-12-16/h13-14,17H,6-12H2,1-5H3. The SMILES string of the molecule is CCC1CNC(C(C)(C)C)CN1C1(C)CCCOC1. The van der Waals surface area contributed by atoms with E-state index in [-0.39, 0.29) is 5.54 Å². The first-order chi connectivity index (χ1) is 8.87. The first-order valence-electron chi connectivity index (χ1n) is 7.95. The minimum absolute atomic E-state index is 0.241. The van der Waals surface area contributed by atoms with Gasteiger partial charge >= 0.3 is 0 Å². The Morgan fingerprint density at radius 1 is 1.37 bits per heavy atom. The quantitative estimate of drug-likeness (QED) is 0.833. The van der Waals surface area contributed by atoms with Crippen LogP contribution in [-0.4, -0.2) is 48.8 Å². The molecule has 0 bridgehead atoms. The number of piperazine rings is 1. The Hall–Kier alpha value is -0.120. The molecule has 0 amide bonds. The maximum atomic E-state index is 5.79. The van der Waals surface area contributed by atoms with Crippen molar-refractivity contribution in [1.82, 2.24) is 10.2 Å². The van der Waals surface area contributed by atoms with Gasteiger partial charge < -0.3 is 10.1 Å². The van der Waals surface area contributed by atoms with E-state index in [0.717, 1.165) is 26.3 Å². The maximum absolute atomic E-state index is 5.79. The molecule has 3 nitrogen and oxygen atoms in total. The number of nitrogens with one attached hydrogen (secondary N) is 1. The number of ether oxygens (including phenoxy) is 1. The minimum atomic E-state index is 0.241. The number of nitrogens with zero attached hydrogens (tertiary/aromatic N) is 1. The summed E-state index contributed by atoms with van der Waals surface area (Å²) in [6, 6.07) is 1.24. The molecule has 0 radical (unpaired) electrons. The lowest BCUT2D eigenvalue weighted by atomic mass is 9.81. The molecule has 3 atom stereocenters. The van der Waals surface area contributed by atoms with Crippen LogP contribution in [0.25, 0.3) is 0 Å². The van der Waals surface area contributed by atoms with Gasteiger partial charge in [-0.05, 0) is 31.6 Å². The Morgan fingerprint density at radius 3 is 2.63 bits per heavy atom. The van der Waals surface area contributed by atoms with Crippen LogP contribution in [0, 0.1) is 5.41 Å². The number of rotatable bonds is 2. The van der Waals surface area contributed by atoms with Crippen molar-refractivity contribution in [3.8, 4) is 0 Å². The van der Waals surface area contributed by atoms with E-state index < -0.39 is 0 Å². The van der Waals surface area contributed by atoms with Gasteiger partial charge in [0.1, 0.15) is 0 Å². The van der Waals surface area contributed by atoms with Crippen LogP contribution in [0.4, 0.5) is 0 Å². The van der Waals surface area contributed by atoms with Crippen LogP contribution in [0.3, 0.4) is 0 Å². The van der Waals surface area contributed by atoms with E-state index in [1.54, 1.807) is 0 Å². The molecular weight excluding hydrogens is 236 g/mol. The van der Waals surface area contributed by atoms with E-state index in [2.05, 4.69) is 44.8 Å². The molecule has 2 aliphatic rings. The molecule has 0 aromatic carbocycles. The van der Waals surface area contributed by atoms with Gasteiger partial charge in [0, 0.05) is 37.3 Å². The van der Waals surface area contributed by atoms with Crippen molar-refractivity contribution in [3.63, 3.8) is 0 Å². The zero-order valence-electron chi connectivity index (χ0n) is 13.5. The molecule has 0 aromatic heterocycles. The van der Waals surface area contributed by atoms with Crippen molar-refractivity contribution in [2.45, 2.75) is 71.5 Å². The Balaban J connectivity index is 2.13. The Morgan fingerprint density at radius 2 is 2.11 bits per heavy atom. The molecule has 112 valence electrons. The van der Waals surface area contributed by atoms with E-state index >= 15 is 0 Å². The molecule has 3 heteroatoms. The predicted octanol–water partition coefficient (Wildman–Crippen LogP) is 2.65. The lowest BCUT2D eigenvalue weighted by molar-refractivity contribution is -0.0791. The average molecular weight is 268 g/mol. The predicted molar refractivity (Wildman–Crippen MR) is 80.5 cm³/mol. The van der Waals surface area contributed by atoms with Crippen LogP contribution in [0.2, 0.25) is 0 Å². The Bertz CT molecular complexity index is 292. The zero-order valence-corrected chi connectivity index (χ0v) is 13.5. The summed E-state index contributed by atoms with van der Waals surface area (Å²) < 4.78 is 5.79. The van der Waals surface area contributed by atoms with Crippen LogP contribution in [0.1, 0.15) is 53.9 Å². The third-order valence-electron chi connectivity index (χ3n) is 5.05. The second-order valence-corrected chi connectivity index (χ2v) is 7.69. The van der Waals surface area contributed by atoms with Crippen molar-refractivity contribution in [2.75, 3.05) is 26.3 Å². The average Bonchev–Trinajstić information content (AvgIpc) is 2.38. The van der Waals surface area contributed by atoms with Crippen molar-refractivity contribution < 1.29 is 4.74 Å². The highest BCUT2D eigenvalue weighted by molar-refractivity contribution is 4.99. The lowest BCUT2D eigenvalue weighted by Crippen LogP contribution is -2.67. The molecule has 2 aliphatic heterocycles. The Kier molecular flexibility index (Phi) is 4.59. The summed E-state index contributed by atoms with van der Waals surface area (Å²) in [5, 5.41) is 3.76. The smallest absolute Gasteiger partial charge is 0.0647 e. The third-order valence-corrected chi connectivity index (χ3v) is 5.05.